The zero-order chi connectivity index (χ0) is 41.4. The van der Waals surface area contributed by atoms with E-state index in [4.69, 9.17) is 0 Å². The van der Waals surface area contributed by atoms with Crippen LogP contribution < -0.4 is 9.80 Å². The fraction of sp³-hybridized carbons (Fsp3) is 0.172. The summed E-state index contributed by atoms with van der Waals surface area (Å²) in [5.41, 5.74) is 19.8. The van der Waals surface area contributed by atoms with Crippen molar-refractivity contribution in [3.8, 4) is 11.1 Å². The predicted octanol–water partition coefficient (Wildman–Crippen LogP) is 15.9. The normalized spacial score (nSPS) is 18.8. The quantitative estimate of drug-likeness (QED) is 0.142. The maximum Gasteiger partial charge on any atom is 0.0461 e. The molecular formula is C58H54N2. The fourth-order valence-electron chi connectivity index (χ4n) is 9.24. The van der Waals surface area contributed by atoms with E-state index in [-0.39, 0.29) is 10.8 Å². The van der Waals surface area contributed by atoms with Crippen molar-refractivity contribution < 1.29 is 0 Å². The van der Waals surface area contributed by atoms with Crippen molar-refractivity contribution in [2.45, 2.75) is 65.2 Å². The molecule has 0 fully saturated rings. The van der Waals surface area contributed by atoms with Gasteiger partial charge in [-0.25, -0.2) is 0 Å². The lowest BCUT2D eigenvalue weighted by Gasteiger charge is -2.31. The molecule has 3 aliphatic carbocycles. The zero-order valence-corrected chi connectivity index (χ0v) is 35.8. The molecule has 3 aliphatic rings. The van der Waals surface area contributed by atoms with Crippen LogP contribution in [0.25, 0.3) is 28.9 Å². The third-order valence-electron chi connectivity index (χ3n) is 13.0. The number of anilines is 4. The molecule has 6 aromatic carbocycles. The van der Waals surface area contributed by atoms with Gasteiger partial charge in [-0.15, -0.1) is 0 Å². The Morgan fingerprint density at radius 1 is 0.483 bits per heavy atom. The van der Waals surface area contributed by atoms with Gasteiger partial charge in [0.25, 0.3) is 0 Å². The number of hydrogen-bond donors (Lipinski definition) is 0. The maximum atomic E-state index is 2.44. The highest BCUT2D eigenvalue weighted by Gasteiger charge is 2.36. The second-order valence-corrected chi connectivity index (χ2v) is 17.5. The average molecular weight is 779 g/mol. The summed E-state index contributed by atoms with van der Waals surface area (Å²) in [6, 6.07) is 53.2. The lowest BCUT2D eigenvalue weighted by Crippen LogP contribution is -2.22. The minimum absolute atomic E-state index is 0.143. The van der Waals surface area contributed by atoms with Crippen molar-refractivity contribution in [3.05, 3.63) is 232 Å². The summed E-state index contributed by atoms with van der Waals surface area (Å²) in [7, 11) is 0. The van der Waals surface area contributed by atoms with Gasteiger partial charge in [0, 0.05) is 45.0 Å². The second-order valence-electron chi connectivity index (χ2n) is 17.5. The Hall–Kier alpha value is -6.64. The molecule has 0 aliphatic heterocycles. The molecule has 296 valence electrons. The van der Waals surface area contributed by atoms with Crippen molar-refractivity contribution in [2.75, 3.05) is 9.80 Å². The van der Waals surface area contributed by atoms with Gasteiger partial charge in [0.05, 0.1) is 0 Å². The second kappa shape index (κ2) is 15.8. The molecule has 9 rings (SSSR count). The molecule has 2 heteroatoms. The van der Waals surface area contributed by atoms with E-state index in [1.807, 2.05) is 0 Å². The molecule has 0 heterocycles. The van der Waals surface area contributed by atoms with Crippen LogP contribution in [0.2, 0.25) is 0 Å². The number of hydrogen-bond acceptors (Lipinski definition) is 2. The first-order chi connectivity index (χ1) is 29.1. The topological polar surface area (TPSA) is 6.48 Å². The minimum atomic E-state index is -0.223. The molecule has 60 heavy (non-hydrogen) atoms. The van der Waals surface area contributed by atoms with Gasteiger partial charge in [0.2, 0.25) is 0 Å². The highest BCUT2D eigenvalue weighted by atomic mass is 15.2. The lowest BCUT2D eigenvalue weighted by atomic mass is 9.74. The summed E-state index contributed by atoms with van der Waals surface area (Å²) in [5.74, 6) is 0. The largest absolute Gasteiger partial charge is 0.314 e. The number of allylic oxidation sites excluding steroid dienone is 9. The number of rotatable bonds is 8. The van der Waals surface area contributed by atoms with E-state index in [9.17, 15) is 0 Å². The fourth-order valence-corrected chi connectivity index (χ4v) is 9.24. The monoisotopic (exact) mass is 778 g/mol. The SMILES string of the molecule is C\C1=C/C=C(N(c2ccccc2)c2ccccc2)\C=C(/C)C(C)(C)c2cc(/C=C/c3ccc4c(c3)C(C)(C)c3cc(N(C5=CC=CCC5)c5ccccc5)ccc3-4)ccc21. The first-order valence-corrected chi connectivity index (χ1v) is 21.4. The Morgan fingerprint density at radius 3 is 1.57 bits per heavy atom. The number of benzene rings is 6. The molecule has 0 bridgehead atoms. The molecule has 0 saturated carbocycles. The highest BCUT2D eigenvalue weighted by molar-refractivity contribution is 5.86. The molecule has 0 atom stereocenters. The Bertz CT molecular complexity index is 2720. The third kappa shape index (κ3) is 7.22. The van der Waals surface area contributed by atoms with E-state index in [1.54, 1.807) is 0 Å². The van der Waals surface area contributed by atoms with Crippen LogP contribution in [0.4, 0.5) is 22.7 Å². The van der Waals surface area contributed by atoms with E-state index >= 15 is 0 Å². The molecule has 0 radical (unpaired) electrons. The molecule has 2 nitrogen and oxygen atoms in total. The highest BCUT2D eigenvalue weighted by Crippen LogP contribution is 2.51. The van der Waals surface area contributed by atoms with Gasteiger partial charge < -0.3 is 9.80 Å². The number of nitrogens with zero attached hydrogens (tertiary/aromatic N) is 2. The van der Waals surface area contributed by atoms with Gasteiger partial charge >= 0.3 is 0 Å². The lowest BCUT2D eigenvalue weighted by molar-refractivity contribution is 0.621. The molecular weight excluding hydrogens is 725 g/mol. The van der Waals surface area contributed by atoms with E-state index in [0.717, 1.165) is 29.9 Å². The summed E-state index contributed by atoms with van der Waals surface area (Å²) >= 11 is 0. The van der Waals surface area contributed by atoms with Crippen LogP contribution in [0, 0.1) is 0 Å². The van der Waals surface area contributed by atoms with Crippen molar-refractivity contribution in [3.63, 3.8) is 0 Å². The smallest absolute Gasteiger partial charge is 0.0461 e. The molecule has 0 N–H and O–H groups in total. The summed E-state index contributed by atoms with van der Waals surface area (Å²) in [6.45, 7) is 14.0. The summed E-state index contributed by atoms with van der Waals surface area (Å²) in [6.07, 6.45) is 20.3. The van der Waals surface area contributed by atoms with E-state index in [0.29, 0.717) is 0 Å². The van der Waals surface area contributed by atoms with Gasteiger partial charge in [0.1, 0.15) is 0 Å². The number of fused-ring (bicyclic) bond motifs is 4. The Balaban J connectivity index is 1.02. The van der Waals surface area contributed by atoms with Crippen LogP contribution in [0.3, 0.4) is 0 Å². The van der Waals surface area contributed by atoms with Crippen LogP contribution in [-0.2, 0) is 10.8 Å². The first-order valence-electron chi connectivity index (χ1n) is 21.4. The predicted molar refractivity (Wildman–Crippen MR) is 258 cm³/mol. The molecule has 0 saturated heterocycles. The first kappa shape index (κ1) is 38.9. The van der Waals surface area contributed by atoms with E-state index < -0.39 is 0 Å². The van der Waals surface area contributed by atoms with Crippen molar-refractivity contribution in [2.24, 2.45) is 0 Å². The summed E-state index contributed by atoms with van der Waals surface area (Å²) < 4.78 is 0. The van der Waals surface area contributed by atoms with Crippen LogP contribution >= 0.6 is 0 Å². The maximum absolute atomic E-state index is 2.44. The Morgan fingerprint density at radius 2 is 1.00 bits per heavy atom. The van der Waals surface area contributed by atoms with Gasteiger partial charge in [-0.05, 0) is 144 Å². The Kier molecular flexibility index (Phi) is 10.3. The van der Waals surface area contributed by atoms with Crippen molar-refractivity contribution in [1.29, 1.82) is 0 Å². The molecule has 6 aromatic rings. The third-order valence-corrected chi connectivity index (χ3v) is 13.0. The van der Waals surface area contributed by atoms with E-state index in [2.05, 4.69) is 246 Å². The molecule has 0 spiro atoms. The van der Waals surface area contributed by atoms with Gasteiger partial charge in [-0.2, -0.15) is 0 Å². The van der Waals surface area contributed by atoms with Crippen LogP contribution in [-0.4, -0.2) is 0 Å². The molecule has 0 amide bonds. The average Bonchev–Trinajstić information content (AvgIpc) is 3.51. The minimum Gasteiger partial charge on any atom is -0.314 e. The van der Waals surface area contributed by atoms with Crippen LogP contribution in [0.5, 0.6) is 0 Å². The van der Waals surface area contributed by atoms with Gasteiger partial charge in [0.15, 0.2) is 0 Å². The standard InChI is InChI=1S/C58H54N2/c1-41-27-32-49(59(45-19-11-7-12-20-45)46-21-13-8-14-22-46)37-42(2)57(3,4)54-38-43(30-34-51(41)54)28-29-44-31-35-52-53-36-33-50(40-56(53)58(5,6)55(52)39-44)60(47-23-15-9-16-24-47)48-25-17-10-18-26-48/h7-17,19-25,27-40H,18,26H2,1-6H3/b29-28+,41-27+,42-37+,49-32+. The van der Waals surface area contributed by atoms with Gasteiger partial charge in [-0.1, -0.05) is 161 Å². The molecule has 0 unspecified atom stereocenters. The van der Waals surface area contributed by atoms with Gasteiger partial charge in [-0.3, -0.25) is 0 Å². The Labute approximate surface area is 357 Å². The zero-order valence-electron chi connectivity index (χ0n) is 35.8. The van der Waals surface area contributed by atoms with Crippen LogP contribution in [0.1, 0.15) is 87.8 Å². The van der Waals surface area contributed by atoms with Crippen molar-refractivity contribution >= 4 is 40.5 Å². The number of para-hydroxylation sites is 3. The van der Waals surface area contributed by atoms with Crippen molar-refractivity contribution in [1.82, 2.24) is 0 Å². The summed E-state index contributed by atoms with van der Waals surface area (Å²) in [4.78, 5) is 4.80. The van der Waals surface area contributed by atoms with Crippen LogP contribution in [0.15, 0.2) is 199 Å². The van der Waals surface area contributed by atoms with E-state index in [1.165, 1.54) is 72.7 Å². The molecule has 0 aromatic heterocycles. The summed E-state index contributed by atoms with van der Waals surface area (Å²) in [5, 5.41) is 0.